The summed E-state index contributed by atoms with van der Waals surface area (Å²) in [5.74, 6) is 0. The van der Waals surface area contributed by atoms with E-state index in [0.717, 1.165) is 17.7 Å². The Balaban J connectivity index is 2.21. The zero-order chi connectivity index (χ0) is 12.3. The molecule has 2 aromatic rings. The van der Waals surface area contributed by atoms with E-state index in [0.29, 0.717) is 0 Å². The summed E-state index contributed by atoms with van der Waals surface area (Å²) in [7, 11) is 0. The molecule has 0 spiro atoms. The molecule has 1 nitrogen and oxygen atoms in total. The summed E-state index contributed by atoms with van der Waals surface area (Å²) >= 11 is 1.69. The predicted molar refractivity (Wildman–Crippen MR) is 73.6 cm³/mol. The van der Waals surface area contributed by atoms with Gasteiger partial charge < -0.3 is 5.11 Å². The van der Waals surface area contributed by atoms with E-state index in [1.807, 2.05) is 0 Å². The lowest BCUT2D eigenvalue weighted by atomic mass is 10.0. The second-order valence-electron chi connectivity index (χ2n) is 4.30. The van der Waals surface area contributed by atoms with Crippen LogP contribution in [0.5, 0.6) is 0 Å². The minimum atomic E-state index is 0.153. The number of thiophene rings is 1. The van der Waals surface area contributed by atoms with Gasteiger partial charge in [0, 0.05) is 9.75 Å². The van der Waals surface area contributed by atoms with Gasteiger partial charge in [-0.1, -0.05) is 31.2 Å². The summed E-state index contributed by atoms with van der Waals surface area (Å²) in [6.45, 7) is 4.46. The highest BCUT2D eigenvalue weighted by Gasteiger charge is 2.06. The molecule has 17 heavy (non-hydrogen) atoms. The third-order valence-electron chi connectivity index (χ3n) is 3.02. The van der Waals surface area contributed by atoms with Gasteiger partial charge in [-0.2, -0.15) is 0 Å². The molecule has 0 unspecified atom stereocenters. The molecule has 0 radical (unpaired) electrons. The second kappa shape index (κ2) is 5.48. The van der Waals surface area contributed by atoms with Crippen molar-refractivity contribution in [2.24, 2.45) is 0 Å². The number of benzene rings is 1. The molecular weight excluding hydrogens is 228 g/mol. The summed E-state index contributed by atoms with van der Waals surface area (Å²) < 4.78 is 0. The van der Waals surface area contributed by atoms with Gasteiger partial charge in [-0.25, -0.2) is 0 Å². The lowest BCUT2D eigenvalue weighted by molar-refractivity contribution is 0.285. The van der Waals surface area contributed by atoms with E-state index in [4.69, 9.17) is 5.11 Å². The zero-order valence-corrected chi connectivity index (χ0v) is 11.2. The Morgan fingerprint density at radius 3 is 2.59 bits per heavy atom. The Morgan fingerprint density at radius 1 is 1.18 bits per heavy atom. The maximum atomic E-state index is 9.13. The highest BCUT2D eigenvalue weighted by molar-refractivity contribution is 7.12. The van der Waals surface area contributed by atoms with Crippen LogP contribution in [0.25, 0.3) is 0 Å². The molecule has 0 atom stereocenters. The van der Waals surface area contributed by atoms with Gasteiger partial charge >= 0.3 is 0 Å². The van der Waals surface area contributed by atoms with Crippen molar-refractivity contribution in [3.8, 4) is 0 Å². The highest BCUT2D eigenvalue weighted by Crippen LogP contribution is 2.24. The van der Waals surface area contributed by atoms with Crippen LogP contribution in [0, 0.1) is 6.92 Å². The number of aryl methyl sites for hydroxylation is 2. The highest BCUT2D eigenvalue weighted by atomic mass is 32.1. The third-order valence-corrected chi connectivity index (χ3v) is 4.10. The molecule has 0 saturated carbocycles. The van der Waals surface area contributed by atoms with Gasteiger partial charge in [0.05, 0.1) is 6.61 Å². The van der Waals surface area contributed by atoms with E-state index in [1.54, 1.807) is 11.3 Å². The van der Waals surface area contributed by atoms with Crippen LogP contribution in [0.3, 0.4) is 0 Å². The maximum Gasteiger partial charge on any atom is 0.0774 e. The van der Waals surface area contributed by atoms with E-state index in [1.165, 1.54) is 21.6 Å². The summed E-state index contributed by atoms with van der Waals surface area (Å²) in [5, 5.41) is 9.13. The molecule has 1 aromatic carbocycles. The van der Waals surface area contributed by atoms with Crippen LogP contribution in [0.2, 0.25) is 0 Å². The number of hydrogen-bond donors (Lipinski definition) is 1. The van der Waals surface area contributed by atoms with Crippen LogP contribution in [0.15, 0.2) is 30.3 Å². The van der Waals surface area contributed by atoms with Crippen LogP contribution in [-0.4, -0.2) is 5.11 Å². The molecule has 0 amide bonds. The SMILES string of the molecule is CCc1cccc(Cc2cc(CO)sc2C)c1. The van der Waals surface area contributed by atoms with Gasteiger partial charge in [-0.05, 0) is 42.5 Å². The van der Waals surface area contributed by atoms with Gasteiger partial charge in [-0.3, -0.25) is 0 Å². The van der Waals surface area contributed by atoms with E-state index in [9.17, 15) is 0 Å². The van der Waals surface area contributed by atoms with Crippen molar-refractivity contribution in [1.82, 2.24) is 0 Å². The first-order valence-electron chi connectivity index (χ1n) is 5.99. The molecule has 0 fully saturated rings. The van der Waals surface area contributed by atoms with Crippen molar-refractivity contribution in [3.05, 3.63) is 56.8 Å². The quantitative estimate of drug-likeness (QED) is 0.872. The van der Waals surface area contributed by atoms with Crippen LogP contribution >= 0.6 is 11.3 Å². The molecule has 0 bridgehead atoms. The van der Waals surface area contributed by atoms with E-state index >= 15 is 0 Å². The van der Waals surface area contributed by atoms with Crippen molar-refractivity contribution in [2.75, 3.05) is 0 Å². The molecule has 90 valence electrons. The lowest BCUT2D eigenvalue weighted by Gasteiger charge is -2.03. The van der Waals surface area contributed by atoms with Crippen molar-refractivity contribution >= 4 is 11.3 Å². The van der Waals surface area contributed by atoms with Crippen molar-refractivity contribution in [3.63, 3.8) is 0 Å². The van der Waals surface area contributed by atoms with Gasteiger partial charge in [0.2, 0.25) is 0 Å². The van der Waals surface area contributed by atoms with Crippen LogP contribution in [0.4, 0.5) is 0 Å². The van der Waals surface area contributed by atoms with Crippen LogP contribution < -0.4 is 0 Å². The second-order valence-corrected chi connectivity index (χ2v) is 5.64. The van der Waals surface area contributed by atoms with Crippen molar-refractivity contribution < 1.29 is 5.11 Å². The molecule has 1 heterocycles. The summed E-state index contributed by atoms with van der Waals surface area (Å²) in [4.78, 5) is 2.38. The zero-order valence-electron chi connectivity index (χ0n) is 10.4. The average Bonchev–Trinajstić information content (AvgIpc) is 2.70. The fraction of sp³-hybridized carbons (Fsp3) is 0.333. The molecule has 0 aliphatic carbocycles. The first-order valence-corrected chi connectivity index (χ1v) is 6.81. The summed E-state index contributed by atoms with van der Waals surface area (Å²) in [6, 6.07) is 10.9. The number of rotatable bonds is 4. The maximum absolute atomic E-state index is 9.13. The van der Waals surface area contributed by atoms with Gasteiger partial charge in [0.1, 0.15) is 0 Å². The molecule has 0 aliphatic rings. The molecule has 0 aliphatic heterocycles. The smallest absolute Gasteiger partial charge is 0.0774 e. The molecule has 1 aromatic heterocycles. The lowest BCUT2D eigenvalue weighted by Crippen LogP contribution is -1.90. The average molecular weight is 246 g/mol. The van der Waals surface area contributed by atoms with E-state index < -0.39 is 0 Å². The first-order chi connectivity index (χ1) is 8.22. The summed E-state index contributed by atoms with van der Waals surface area (Å²) in [6.07, 6.45) is 2.05. The minimum absolute atomic E-state index is 0.153. The fourth-order valence-corrected chi connectivity index (χ4v) is 2.94. The Labute approximate surface area is 107 Å². The van der Waals surface area contributed by atoms with Crippen LogP contribution in [-0.2, 0) is 19.4 Å². The van der Waals surface area contributed by atoms with Crippen molar-refractivity contribution in [2.45, 2.75) is 33.3 Å². The standard InChI is InChI=1S/C15H18OS/c1-3-12-5-4-6-13(7-12)8-14-9-15(10-16)17-11(14)2/h4-7,9,16H,3,8,10H2,1-2H3. The number of hydrogen-bond acceptors (Lipinski definition) is 2. The third kappa shape index (κ3) is 2.96. The molecule has 1 N–H and O–H groups in total. The predicted octanol–water partition coefficient (Wildman–Crippen LogP) is 3.70. The molecule has 0 saturated heterocycles. The Bertz CT molecular complexity index is 499. The molecule has 2 rings (SSSR count). The number of aliphatic hydroxyl groups excluding tert-OH is 1. The fourth-order valence-electron chi connectivity index (χ4n) is 2.02. The Kier molecular flexibility index (Phi) is 3.97. The van der Waals surface area contributed by atoms with E-state index in [2.05, 4.69) is 44.2 Å². The van der Waals surface area contributed by atoms with Gasteiger partial charge in [0.15, 0.2) is 0 Å². The van der Waals surface area contributed by atoms with Crippen LogP contribution in [0.1, 0.15) is 33.4 Å². The Hall–Kier alpha value is -1.12. The molecule has 2 heteroatoms. The molecular formula is C15H18OS. The van der Waals surface area contributed by atoms with Gasteiger partial charge in [0.25, 0.3) is 0 Å². The normalized spacial score (nSPS) is 10.8. The Morgan fingerprint density at radius 2 is 1.94 bits per heavy atom. The number of aliphatic hydroxyl groups is 1. The van der Waals surface area contributed by atoms with E-state index in [-0.39, 0.29) is 6.61 Å². The minimum Gasteiger partial charge on any atom is -0.391 e. The largest absolute Gasteiger partial charge is 0.391 e. The first kappa shape index (κ1) is 12.3. The van der Waals surface area contributed by atoms with Crippen molar-refractivity contribution in [1.29, 1.82) is 0 Å². The monoisotopic (exact) mass is 246 g/mol. The summed E-state index contributed by atoms with van der Waals surface area (Å²) in [5.41, 5.74) is 4.08. The van der Waals surface area contributed by atoms with Gasteiger partial charge in [-0.15, -0.1) is 11.3 Å². The topological polar surface area (TPSA) is 20.2 Å².